The van der Waals surface area contributed by atoms with Crippen LogP contribution < -0.4 is 16.0 Å². The minimum absolute atomic E-state index is 0. The maximum atomic E-state index is 11.3. The molecule has 1 atom stereocenters. The highest BCUT2D eigenvalue weighted by Crippen LogP contribution is 2.30. The molecule has 0 aromatic rings. The summed E-state index contributed by atoms with van der Waals surface area (Å²) in [6.45, 7) is 6.41. The number of halogens is 1. The second-order valence-corrected chi connectivity index (χ2v) is 8.19. The number of amides is 1. The summed E-state index contributed by atoms with van der Waals surface area (Å²) < 4.78 is 0. The van der Waals surface area contributed by atoms with Gasteiger partial charge in [-0.05, 0) is 65.3 Å². The topological polar surface area (TPSA) is 72.0 Å². The fourth-order valence-corrected chi connectivity index (χ4v) is 4.50. The number of nitrogens with one attached hydrogen (secondary N) is 3. The van der Waals surface area contributed by atoms with Crippen LogP contribution in [0.15, 0.2) is 4.99 Å². The van der Waals surface area contributed by atoms with E-state index in [4.69, 9.17) is 0 Å². The van der Waals surface area contributed by atoms with Gasteiger partial charge in [0.15, 0.2) is 5.96 Å². The summed E-state index contributed by atoms with van der Waals surface area (Å²) >= 11 is 0. The van der Waals surface area contributed by atoms with Crippen molar-refractivity contribution in [1.29, 1.82) is 0 Å². The third kappa shape index (κ3) is 6.19. The summed E-state index contributed by atoms with van der Waals surface area (Å²) in [6, 6.07) is 0.266. The van der Waals surface area contributed by atoms with Crippen LogP contribution in [0.25, 0.3) is 0 Å². The maximum Gasteiger partial charge on any atom is 0.220 e. The van der Waals surface area contributed by atoms with Crippen molar-refractivity contribution in [3.8, 4) is 0 Å². The van der Waals surface area contributed by atoms with Crippen molar-refractivity contribution >= 4 is 35.8 Å². The van der Waals surface area contributed by atoms with Crippen LogP contribution in [0, 0.1) is 0 Å². The fourth-order valence-electron chi connectivity index (χ4n) is 4.50. The Labute approximate surface area is 181 Å². The first-order chi connectivity index (χ1) is 12.6. The van der Waals surface area contributed by atoms with Crippen LogP contribution in [0.1, 0.15) is 44.9 Å². The van der Waals surface area contributed by atoms with Crippen molar-refractivity contribution < 1.29 is 4.79 Å². The zero-order valence-electron chi connectivity index (χ0n) is 16.9. The highest BCUT2D eigenvalue weighted by molar-refractivity contribution is 14.0. The quantitative estimate of drug-likeness (QED) is 0.311. The molecule has 0 radical (unpaired) electrons. The number of likely N-dealkylation sites (tertiary alicyclic amines) is 2. The standard InChI is InChI=1S/C19H36N6O.HI/c1-20-18(23-16-6-7-17(26)21-14-16)22-15-19(8-12-24(2)13-9-19)25-10-4-3-5-11-25;/h16H,3-15H2,1-2H3,(H,21,26)(H2,20,22,23);1H. The van der Waals surface area contributed by atoms with Crippen LogP contribution >= 0.6 is 24.0 Å². The molecule has 0 aromatic carbocycles. The Hall–Kier alpha value is -0.610. The van der Waals surface area contributed by atoms with Crippen LogP contribution in [0.3, 0.4) is 0 Å². The fraction of sp³-hybridized carbons (Fsp3) is 0.895. The van der Waals surface area contributed by atoms with E-state index in [1.54, 1.807) is 0 Å². The molecular weight excluding hydrogens is 455 g/mol. The number of piperidine rings is 3. The van der Waals surface area contributed by atoms with Gasteiger partial charge in [0, 0.05) is 38.1 Å². The summed E-state index contributed by atoms with van der Waals surface area (Å²) in [6.07, 6.45) is 7.92. The third-order valence-corrected chi connectivity index (χ3v) is 6.36. The molecule has 1 unspecified atom stereocenters. The molecule has 3 saturated heterocycles. The van der Waals surface area contributed by atoms with Gasteiger partial charge in [-0.2, -0.15) is 0 Å². The molecule has 0 aliphatic carbocycles. The average molecular weight is 492 g/mol. The number of carbonyl (C=O) groups excluding carboxylic acids is 1. The molecule has 156 valence electrons. The van der Waals surface area contributed by atoms with E-state index in [2.05, 4.69) is 37.8 Å². The lowest BCUT2D eigenvalue weighted by Gasteiger charge is -2.50. The zero-order valence-corrected chi connectivity index (χ0v) is 19.3. The Kier molecular flexibility index (Phi) is 9.07. The van der Waals surface area contributed by atoms with Crippen LogP contribution in [0.4, 0.5) is 0 Å². The molecular formula is C19H37IN6O. The summed E-state index contributed by atoms with van der Waals surface area (Å²) in [5, 5.41) is 10.0. The monoisotopic (exact) mass is 492 g/mol. The van der Waals surface area contributed by atoms with E-state index in [0.29, 0.717) is 13.0 Å². The largest absolute Gasteiger partial charge is 0.355 e. The first-order valence-corrected chi connectivity index (χ1v) is 10.3. The van der Waals surface area contributed by atoms with Gasteiger partial charge in [-0.1, -0.05) is 6.42 Å². The van der Waals surface area contributed by atoms with E-state index in [9.17, 15) is 4.79 Å². The smallest absolute Gasteiger partial charge is 0.220 e. The molecule has 0 saturated carbocycles. The van der Waals surface area contributed by atoms with Crippen molar-refractivity contribution in [2.45, 2.75) is 56.5 Å². The van der Waals surface area contributed by atoms with Gasteiger partial charge in [0.25, 0.3) is 0 Å². The number of hydrogen-bond donors (Lipinski definition) is 3. The minimum Gasteiger partial charge on any atom is -0.355 e. The molecule has 1 amide bonds. The molecule has 7 nitrogen and oxygen atoms in total. The SMILES string of the molecule is CN=C(NCC1(N2CCCCC2)CCN(C)CC1)NC1CCC(=O)NC1.I. The van der Waals surface area contributed by atoms with Gasteiger partial charge in [0.1, 0.15) is 0 Å². The number of nitrogens with zero attached hydrogens (tertiary/aromatic N) is 3. The van der Waals surface area contributed by atoms with Crippen molar-refractivity contribution in [1.82, 2.24) is 25.8 Å². The molecule has 3 rings (SSSR count). The second-order valence-electron chi connectivity index (χ2n) is 8.19. The van der Waals surface area contributed by atoms with Crippen molar-refractivity contribution in [3.63, 3.8) is 0 Å². The second kappa shape index (κ2) is 10.8. The number of carbonyl (C=O) groups is 1. The molecule has 0 spiro atoms. The Bertz CT molecular complexity index is 490. The van der Waals surface area contributed by atoms with Crippen molar-refractivity contribution in [2.24, 2.45) is 4.99 Å². The molecule has 3 heterocycles. The Morgan fingerprint density at radius 3 is 2.52 bits per heavy atom. The van der Waals surface area contributed by atoms with Crippen LogP contribution in [-0.2, 0) is 4.79 Å². The Morgan fingerprint density at radius 1 is 1.22 bits per heavy atom. The summed E-state index contributed by atoms with van der Waals surface area (Å²) in [4.78, 5) is 21.0. The number of hydrogen-bond acceptors (Lipinski definition) is 4. The third-order valence-electron chi connectivity index (χ3n) is 6.36. The number of rotatable bonds is 4. The summed E-state index contributed by atoms with van der Waals surface area (Å²) in [7, 11) is 4.06. The lowest BCUT2D eigenvalue weighted by Crippen LogP contribution is -2.62. The molecule has 8 heteroatoms. The van der Waals surface area contributed by atoms with Gasteiger partial charge >= 0.3 is 0 Å². The first-order valence-electron chi connectivity index (χ1n) is 10.3. The van der Waals surface area contributed by atoms with E-state index >= 15 is 0 Å². The van der Waals surface area contributed by atoms with Gasteiger partial charge in [-0.25, -0.2) is 0 Å². The predicted molar refractivity (Wildman–Crippen MR) is 121 cm³/mol. The highest BCUT2D eigenvalue weighted by Gasteiger charge is 2.39. The minimum atomic E-state index is 0. The van der Waals surface area contributed by atoms with Gasteiger partial charge in [-0.15, -0.1) is 24.0 Å². The highest BCUT2D eigenvalue weighted by atomic mass is 127. The molecule has 3 fully saturated rings. The van der Waals surface area contributed by atoms with Gasteiger partial charge in [0.2, 0.25) is 5.91 Å². The molecule has 0 aromatic heterocycles. The van der Waals surface area contributed by atoms with E-state index in [1.807, 2.05) is 7.05 Å². The van der Waals surface area contributed by atoms with Crippen LogP contribution in [0.2, 0.25) is 0 Å². The normalized spacial score (nSPS) is 27.4. The Morgan fingerprint density at radius 2 is 1.93 bits per heavy atom. The molecule has 3 aliphatic heterocycles. The van der Waals surface area contributed by atoms with E-state index in [-0.39, 0.29) is 41.5 Å². The molecule has 3 aliphatic rings. The van der Waals surface area contributed by atoms with Gasteiger partial charge in [0.05, 0.1) is 0 Å². The van der Waals surface area contributed by atoms with E-state index in [0.717, 1.165) is 18.9 Å². The zero-order chi connectivity index (χ0) is 18.4. The number of guanidine groups is 1. The maximum absolute atomic E-state index is 11.3. The summed E-state index contributed by atoms with van der Waals surface area (Å²) in [5.74, 6) is 1.02. The lowest BCUT2D eigenvalue weighted by molar-refractivity contribution is -0.122. The van der Waals surface area contributed by atoms with E-state index in [1.165, 1.54) is 58.3 Å². The predicted octanol–water partition coefficient (Wildman–Crippen LogP) is 0.998. The van der Waals surface area contributed by atoms with Gasteiger partial charge < -0.3 is 20.9 Å². The Balaban J connectivity index is 0.00000261. The summed E-state index contributed by atoms with van der Waals surface area (Å²) in [5.41, 5.74) is 0.241. The van der Waals surface area contributed by atoms with Crippen LogP contribution in [0.5, 0.6) is 0 Å². The average Bonchev–Trinajstić information content (AvgIpc) is 2.69. The van der Waals surface area contributed by atoms with Gasteiger partial charge in [-0.3, -0.25) is 14.7 Å². The van der Waals surface area contributed by atoms with Crippen molar-refractivity contribution in [3.05, 3.63) is 0 Å². The molecule has 0 bridgehead atoms. The van der Waals surface area contributed by atoms with Crippen LogP contribution in [-0.4, -0.2) is 86.6 Å². The molecule has 3 N–H and O–H groups in total. The van der Waals surface area contributed by atoms with Crippen molar-refractivity contribution in [2.75, 3.05) is 53.4 Å². The number of aliphatic imine (C=N–C) groups is 1. The van der Waals surface area contributed by atoms with E-state index < -0.39 is 0 Å². The first kappa shape index (κ1) is 22.7. The molecule has 27 heavy (non-hydrogen) atoms. The lowest BCUT2D eigenvalue weighted by atomic mass is 9.84.